The fraction of sp³-hybridized carbons (Fsp3) is 0.625. The predicted octanol–water partition coefficient (Wildman–Crippen LogP) is 1.52. The highest BCUT2D eigenvalue weighted by Gasteiger charge is 2.13. The second kappa shape index (κ2) is 8.87. The van der Waals surface area contributed by atoms with Gasteiger partial charge in [-0.2, -0.15) is 0 Å². The van der Waals surface area contributed by atoms with E-state index in [9.17, 15) is 0 Å². The zero-order valence-electron chi connectivity index (χ0n) is 13.1. The Morgan fingerprint density at radius 3 is 2.95 bits per heavy atom. The van der Waals surface area contributed by atoms with E-state index in [1.165, 1.54) is 0 Å². The summed E-state index contributed by atoms with van der Waals surface area (Å²) in [6.45, 7) is 5.91. The molecule has 0 bridgehead atoms. The molecule has 0 spiro atoms. The highest BCUT2D eigenvalue weighted by molar-refractivity contribution is 5.46. The maximum Gasteiger partial charge on any atom is 0.165 e. The molecule has 1 aliphatic heterocycles. The van der Waals surface area contributed by atoms with Gasteiger partial charge in [0.05, 0.1) is 19.8 Å². The minimum Gasteiger partial charge on any atom is -0.490 e. The molecule has 21 heavy (non-hydrogen) atoms. The van der Waals surface area contributed by atoms with Gasteiger partial charge in [0.25, 0.3) is 0 Å². The Kier molecular flexibility index (Phi) is 6.79. The van der Waals surface area contributed by atoms with Crippen LogP contribution in [0.3, 0.4) is 0 Å². The van der Waals surface area contributed by atoms with Crippen LogP contribution < -0.4 is 14.8 Å². The van der Waals surface area contributed by atoms with Gasteiger partial charge in [0.2, 0.25) is 0 Å². The molecule has 5 nitrogen and oxygen atoms in total. The molecular formula is C16H26N2O3. The van der Waals surface area contributed by atoms with Gasteiger partial charge in [-0.25, -0.2) is 0 Å². The summed E-state index contributed by atoms with van der Waals surface area (Å²) < 4.78 is 16.6. The Labute approximate surface area is 127 Å². The van der Waals surface area contributed by atoms with Crippen LogP contribution >= 0.6 is 0 Å². The minimum absolute atomic E-state index is 0.726. The molecule has 1 aromatic rings. The van der Waals surface area contributed by atoms with Crippen molar-refractivity contribution in [2.45, 2.75) is 13.0 Å². The zero-order chi connectivity index (χ0) is 14.9. The molecule has 0 aliphatic carbocycles. The third kappa shape index (κ3) is 5.19. The van der Waals surface area contributed by atoms with Crippen molar-refractivity contribution in [1.82, 2.24) is 10.2 Å². The van der Waals surface area contributed by atoms with E-state index in [0.717, 1.165) is 69.5 Å². The Hall–Kier alpha value is -1.30. The second-order valence-electron chi connectivity index (χ2n) is 5.27. The van der Waals surface area contributed by atoms with Crippen LogP contribution in [0.1, 0.15) is 12.0 Å². The largest absolute Gasteiger partial charge is 0.490 e. The van der Waals surface area contributed by atoms with Crippen molar-refractivity contribution < 1.29 is 14.2 Å². The Morgan fingerprint density at radius 2 is 2.10 bits per heavy atom. The summed E-state index contributed by atoms with van der Waals surface area (Å²) in [6.07, 6.45) is 0.936. The minimum atomic E-state index is 0.726. The molecule has 0 atom stereocenters. The van der Waals surface area contributed by atoms with Crippen molar-refractivity contribution in [2.24, 2.45) is 0 Å². The molecule has 1 aromatic carbocycles. The smallest absolute Gasteiger partial charge is 0.165 e. The third-order valence-corrected chi connectivity index (χ3v) is 3.52. The maximum atomic E-state index is 5.82. The lowest BCUT2D eigenvalue weighted by Crippen LogP contribution is -2.31. The molecule has 2 rings (SSSR count). The summed E-state index contributed by atoms with van der Waals surface area (Å²) in [5, 5.41) is 3.46. The van der Waals surface area contributed by atoms with Crippen LogP contribution in [0, 0.1) is 0 Å². The van der Waals surface area contributed by atoms with Crippen LogP contribution in [-0.2, 0) is 11.3 Å². The molecule has 0 fully saturated rings. The molecule has 0 unspecified atom stereocenters. The number of hydrogen-bond donors (Lipinski definition) is 1. The molecule has 0 amide bonds. The van der Waals surface area contributed by atoms with E-state index in [1.54, 1.807) is 7.11 Å². The molecule has 0 radical (unpaired) electrons. The summed E-state index contributed by atoms with van der Waals surface area (Å²) in [5.74, 6) is 1.76. The van der Waals surface area contributed by atoms with Gasteiger partial charge in [-0.3, -0.25) is 0 Å². The van der Waals surface area contributed by atoms with Gasteiger partial charge in [0, 0.05) is 45.3 Å². The highest BCUT2D eigenvalue weighted by atomic mass is 16.5. The van der Waals surface area contributed by atoms with Gasteiger partial charge in [-0.15, -0.1) is 0 Å². The number of ether oxygens (including phenoxy) is 3. The molecule has 1 N–H and O–H groups in total. The number of rotatable bonds is 8. The van der Waals surface area contributed by atoms with Crippen molar-refractivity contribution in [3.8, 4) is 11.5 Å². The SMILES string of the molecule is COCCN(C)CCNCc1cccc2c1OCCCO2. The Morgan fingerprint density at radius 1 is 1.24 bits per heavy atom. The molecule has 5 heteroatoms. The number of para-hydroxylation sites is 1. The van der Waals surface area contributed by atoms with Gasteiger partial charge in [-0.1, -0.05) is 12.1 Å². The van der Waals surface area contributed by atoms with E-state index >= 15 is 0 Å². The average Bonchev–Trinajstić information content (AvgIpc) is 2.75. The number of fused-ring (bicyclic) bond motifs is 1. The van der Waals surface area contributed by atoms with E-state index in [2.05, 4.69) is 23.3 Å². The first-order valence-electron chi connectivity index (χ1n) is 7.57. The van der Waals surface area contributed by atoms with Crippen LogP contribution in [0.2, 0.25) is 0 Å². The first kappa shape index (κ1) is 16.1. The molecule has 0 saturated carbocycles. The molecule has 0 saturated heterocycles. The average molecular weight is 294 g/mol. The van der Waals surface area contributed by atoms with Gasteiger partial charge >= 0.3 is 0 Å². The lowest BCUT2D eigenvalue weighted by Gasteiger charge is -2.17. The summed E-state index contributed by atoms with van der Waals surface area (Å²) in [4.78, 5) is 2.25. The van der Waals surface area contributed by atoms with Crippen molar-refractivity contribution >= 4 is 0 Å². The van der Waals surface area contributed by atoms with Crippen LogP contribution in [0.5, 0.6) is 11.5 Å². The molecule has 1 heterocycles. The number of nitrogens with one attached hydrogen (secondary N) is 1. The lowest BCUT2D eigenvalue weighted by atomic mass is 10.2. The van der Waals surface area contributed by atoms with Crippen LogP contribution in [-0.4, -0.2) is 58.5 Å². The standard InChI is InChI=1S/C16H26N2O3/c1-18(9-12-19-2)8-7-17-13-14-5-3-6-15-16(14)21-11-4-10-20-15/h3,5-6,17H,4,7-13H2,1-2H3. The Balaban J connectivity index is 1.78. The molecule has 0 aromatic heterocycles. The van der Waals surface area contributed by atoms with E-state index < -0.39 is 0 Å². The summed E-state index contributed by atoms with van der Waals surface area (Å²) in [5.41, 5.74) is 1.16. The first-order chi connectivity index (χ1) is 10.3. The molecular weight excluding hydrogens is 268 g/mol. The van der Waals surface area contributed by atoms with Gasteiger partial charge < -0.3 is 24.4 Å². The fourth-order valence-electron chi connectivity index (χ4n) is 2.25. The molecule has 118 valence electrons. The van der Waals surface area contributed by atoms with Crippen molar-refractivity contribution in [3.05, 3.63) is 23.8 Å². The second-order valence-corrected chi connectivity index (χ2v) is 5.27. The number of benzene rings is 1. The maximum absolute atomic E-state index is 5.82. The molecule has 1 aliphatic rings. The number of methoxy groups -OCH3 is 1. The normalized spacial score (nSPS) is 14.2. The van der Waals surface area contributed by atoms with Crippen molar-refractivity contribution in [3.63, 3.8) is 0 Å². The van der Waals surface area contributed by atoms with Gasteiger partial charge in [0.1, 0.15) is 0 Å². The van der Waals surface area contributed by atoms with E-state index in [1.807, 2.05) is 12.1 Å². The monoisotopic (exact) mass is 294 g/mol. The van der Waals surface area contributed by atoms with E-state index in [4.69, 9.17) is 14.2 Å². The quantitative estimate of drug-likeness (QED) is 0.736. The highest BCUT2D eigenvalue weighted by Crippen LogP contribution is 2.32. The first-order valence-corrected chi connectivity index (χ1v) is 7.57. The van der Waals surface area contributed by atoms with E-state index in [-0.39, 0.29) is 0 Å². The Bertz CT molecular complexity index is 426. The van der Waals surface area contributed by atoms with Gasteiger partial charge in [-0.05, 0) is 13.1 Å². The topological polar surface area (TPSA) is 43.0 Å². The predicted molar refractivity (Wildman–Crippen MR) is 83.1 cm³/mol. The van der Waals surface area contributed by atoms with Crippen molar-refractivity contribution in [2.75, 3.05) is 53.6 Å². The summed E-state index contributed by atoms with van der Waals surface area (Å²) >= 11 is 0. The van der Waals surface area contributed by atoms with Crippen molar-refractivity contribution in [1.29, 1.82) is 0 Å². The van der Waals surface area contributed by atoms with E-state index in [0.29, 0.717) is 0 Å². The fourth-order valence-corrected chi connectivity index (χ4v) is 2.25. The van der Waals surface area contributed by atoms with Crippen LogP contribution in [0.4, 0.5) is 0 Å². The van der Waals surface area contributed by atoms with Gasteiger partial charge in [0.15, 0.2) is 11.5 Å². The zero-order valence-corrected chi connectivity index (χ0v) is 13.1. The van der Waals surface area contributed by atoms with Crippen LogP contribution in [0.25, 0.3) is 0 Å². The number of nitrogens with zero attached hydrogens (tertiary/aromatic N) is 1. The number of likely N-dealkylation sites (N-methyl/N-ethyl adjacent to an activating group) is 1. The lowest BCUT2D eigenvalue weighted by molar-refractivity contribution is 0.161. The summed E-state index contributed by atoms with van der Waals surface area (Å²) in [6, 6.07) is 6.09. The summed E-state index contributed by atoms with van der Waals surface area (Å²) in [7, 11) is 3.83. The number of hydrogen-bond acceptors (Lipinski definition) is 5. The van der Waals surface area contributed by atoms with Crippen LogP contribution in [0.15, 0.2) is 18.2 Å². The third-order valence-electron chi connectivity index (χ3n) is 3.52.